The van der Waals surface area contributed by atoms with Crippen LogP contribution < -0.4 is 0 Å². The van der Waals surface area contributed by atoms with Crippen LogP contribution in [-0.4, -0.2) is 30.2 Å². The van der Waals surface area contributed by atoms with E-state index in [1.807, 2.05) is 27.7 Å². The van der Waals surface area contributed by atoms with Gasteiger partial charge in [-0.05, 0) is 27.7 Å². The Morgan fingerprint density at radius 3 is 1.75 bits per heavy atom. The Morgan fingerprint density at radius 2 is 1.33 bits per heavy atom. The highest BCUT2D eigenvalue weighted by Crippen LogP contribution is 2.38. The Balaban J connectivity index is 2.15. The van der Waals surface area contributed by atoms with Crippen molar-refractivity contribution in [3.05, 3.63) is 0 Å². The number of hydrogen-bond donors (Lipinski definition) is 0. The lowest BCUT2D eigenvalue weighted by molar-refractivity contribution is -0.183. The van der Waals surface area contributed by atoms with Crippen molar-refractivity contribution in [1.29, 1.82) is 0 Å². The van der Waals surface area contributed by atoms with E-state index >= 15 is 0 Å². The summed E-state index contributed by atoms with van der Waals surface area (Å²) >= 11 is 0. The monoisotopic (exact) mass is 172 g/mol. The molecule has 4 atom stereocenters. The summed E-state index contributed by atoms with van der Waals surface area (Å²) in [6, 6.07) is 0. The zero-order valence-electron chi connectivity index (χ0n) is 8.03. The van der Waals surface area contributed by atoms with Gasteiger partial charge in [-0.1, -0.05) is 0 Å². The molecule has 0 radical (unpaired) electrons. The van der Waals surface area contributed by atoms with E-state index in [4.69, 9.17) is 14.2 Å². The molecule has 2 fully saturated rings. The normalized spacial score (nSPS) is 51.0. The van der Waals surface area contributed by atoms with Crippen LogP contribution in [0.2, 0.25) is 0 Å². The Kier molecular flexibility index (Phi) is 1.72. The fraction of sp³-hybridized carbons (Fsp3) is 1.00. The van der Waals surface area contributed by atoms with Crippen molar-refractivity contribution in [2.75, 3.05) is 0 Å². The van der Waals surface area contributed by atoms with Crippen LogP contribution in [0.4, 0.5) is 0 Å². The zero-order valence-corrected chi connectivity index (χ0v) is 8.03. The van der Waals surface area contributed by atoms with Crippen molar-refractivity contribution >= 4 is 0 Å². The largest absolute Gasteiger partial charge is 0.370 e. The average molecular weight is 172 g/mol. The van der Waals surface area contributed by atoms with Crippen molar-refractivity contribution in [2.24, 2.45) is 0 Å². The summed E-state index contributed by atoms with van der Waals surface area (Å²) < 4.78 is 17.0. The molecule has 0 aromatic rings. The van der Waals surface area contributed by atoms with Crippen LogP contribution in [0.5, 0.6) is 0 Å². The quantitative estimate of drug-likeness (QED) is 0.551. The molecule has 0 saturated carbocycles. The smallest absolute Gasteiger partial charge is 0.164 e. The molecule has 2 unspecified atom stereocenters. The molecule has 0 aromatic heterocycles. The lowest BCUT2D eigenvalue weighted by Gasteiger charge is -2.21. The molecule has 2 saturated heterocycles. The van der Waals surface area contributed by atoms with Gasteiger partial charge in [-0.15, -0.1) is 0 Å². The standard InChI is InChI=1S/C9H16O3/c1-5-7-8(6(2)10-5)12-9(3,4)11-7/h5-8H,1-4H3/t5?,6?,7-,8+. The highest BCUT2D eigenvalue weighted by atomic mass is 16.8. The minimum absolute atomic E-state index is 0.120. The van der Waals surface area contributed by atoms with Gasteiger partial charge in [0.05, 0.1) is 12.2 Å². The fourth-order valence-corrected chi connectivity index (χ4v) is 2.04. The molecule has 3 heteroatoms. The van der Waals surface area contributed by atoms with Gasteiger partial charge in [0.1, 0.15) is 12.2 Å². The van der Waals surface area contributed by atoms with Crippen LogP contribution in [0.1, 0.15) is 27.7 Å². The molecule has 0 aliphatic carbocycles. The fourth-order valence-electron chi connectivity index (χ4n) is 2.04. The first-order valence-electron chi connectivity index (χ1n) is 4.51. The first-order valence-corrected chi connectivity index (χ1v) is 4.51. The van der Waals surface area contributed by atoms with Gasteiger partial charge in [0.15, 0.2) is 5.79 Å². The minimum atomic E-state index is -0.429. The molecule has 2 aliphatic rings. The lowest BCUT2D eigenvalue weighted by Crippen LogP contribution is -2.27. The first-order chi connectivity index (χ1) is 5.49. The van der Waals surface area contributed by atoms with Crippen LogP contribution >= 0.6 is 0 Å². The van der Waals surface area contributed by atoms with Crippen molar-refractivity contribution in [2.45, 2.75) is 57.9 Å². The zero-order chi connectivity index (χ0) is 8.93. The second-order valence-corrected chi connectivity index (χ2v) is 4.11. The van der Waals surface area contributed by atoms with Crippen LogP contribution in [-0.2, 0) is 14.2 Å². The van der Waals surface area contributed by atoms with Crippen molar-refractivity contribution in [1.82, 2.24) is 0 Å². The van der Waals surface area contributed by atoms with E-state index in [1.165, 1.54) is 0 Å². The topological polar surface area (TPSA) is 27.7 Å². The molecule has 0 amide bonds. The van der Waals surface area contributed by atoms with Gasteiger partial charge < -0.3 is 14.2 Å². The van der Waals surface area contributed by atoms with Crippen molar-refractivity contribution < 1.29 is 14.2 Å². The molecule has 3 nitrogen and oxygen atoms in total. The van der Waals surface area contributed by atoms with Gasteiger partial charge in [0.2, 0.25) is 0 Å². The molecule has 12 heavy (non-hydrogen) atoms. The average Bonchev–Trinajstić information content (AvgIpc) is 2.34. The molecule has 2 aliphatic heterocycles. The summed E-state index contributed by atoms with van der Waals surface area (Å²) in [7, 11) is 0. The van der Waals surface area contributed by atoms with Gasteiger partial charge >= 0.3 is 0 Å². The molecule has 0 aromatic carbocycles. The number of fused-ring (bicyclic) bond motifs is 1. The van der Waals surface area contributed by atoms with Crippen LogP contribution in [0.15, 0.2) is 0 Å². The maximum absolute atomic E-state index is 5.71. The van der Waals surface area contributed by atoms with E-state index in [0.29, 0.717) is 0 Å². The van der Waals surface area contributed by atoms with E-state index in [9.17, 15) is 0 Å². The number of ether oxygens (including phenoxy) is 3. The first kappa shape index (κ1) is 8.48. The van der Waals surface area contributed by atoms with E-state index < -0.39 is 5.79 Å². The molecule has 0 spiro atoms. The second kappa shape index (κ2) is 2.44. The van der Waals surface area contributed by atoms with E-state index in [0.717, 1.165) is 0 Å². The SMILES string of the molecule is CC1OC(C)[C@@H]2OC(C)(C)O[C@H]12. The van der Waals surface area contributed by atoms with Gasteiger partial charge in [-0.2, -0.15) is 0 Å². The van der Waals surface area contributed by atoms with Crippen molar-refractivity contribution in [3.63, 3.8) is 0 Å². The summed E-state index contributed by atoms with van der Waals surface area (Å²) in [6.07, 6.45) is 0.559. The Bertz CT molecular complexity index is 172. The maximum Gasteiger partial charge on any atom is 0.164 e. The van der Waals surface area contributed by atoms with E-state index in [2.05, 4.69) is 0 Å². The minimum Gasteiger partial charge on any atom is -0.370 e. The molecule has 70 valence electrons. The molecule has 2 heterocycles. The van der Waals surface area contributed by atoms with Gasteiger partial charge in [0.25, 0.3) is 0 Å². The van der Waals surface area contributed by atoms with Gasteiger partial charge in [-0.3, -0.25) is 0 Å². The highest BCUT2D eigenvalue weighted by molar-refractivity contribution is 4.94. The Morgan fingerprint density at radius 1 is 0.917 bits per heavy atom. The van der Waals surface area contributed by atoms with Gasteiger partial charge in [0, 0.05) is 0 Å². The maximum atomic E-state index is 5.71. The Hall–Kier alpha value is -0.120. The second-order valence-electron chi connectivity index (χ2n) is 4.11. The van der Waals surface area contributed by atoms with Crippen molar-refractivity contribution in [3.8, 4) is 0 Å². The highest BCUT2D eigenvalue weighted by Gasteiger charge is 2.51. The summed E-state index contributed by atoms with van der Waals surface area (Å²) in [6.45, 7) is 7.97. The molecule has 0 bridgehead atoms. The molecular weight excluding hydrogens is 156 g/mol. The molecule has 2 rings (SSSR count). The third kappa shape index (κ3) is 1.16. The van der Waals surface area contributed by atoms with E-state index in [1.54, 1.807) is 0 Å². The Labute approximate surface area is 73.0 Å². The number of hydrogen-bond acceptors (Lipinski definition) is 3. The van der Waals surface area contributed by atoms with Gasteiger partial charge in [-0.25, -0.2) is 0 Å². The lowest BCUT2D eigenvalue weighted by atomic mass is 10.1. The predicted octanol–water partition coefficient (Wildman–Crippen LogP) is 1.31. The summed E-state index contributed by atoms with van der Waals surface area (Å²) in [5.41, 5.74) is 0. The third-order valence-electron chi connectivity index (χ3n) is 2.52. The summed E-state index contributed by atoms with van der Waals surface area (Å²) in [4.78, 5) is 0. The van der Waals surface area contributed by atoms with Crippen LogP contribution in [0.3, 0.4) is 0 Å². The van der Waals surface area contributed by atoms with Crippen LogP contribution in [0, 0.1) is 0 Å². The number of rotatable bonds is 0. The van der Waals surface area contributed by atoms with Crippen LogP contribution in [0.25, 0.3) is 0 Å². The predicted molar refractivity (Wildman–Crippen MR) is 43.8 cm³/mol. The summed E-state index contributed by atoms with van der Waals surface area (Å²) in [5, 5.41) is 0. The molecule has 0 N–H and O–H groups in total. The molecular formula is C9H16O3. The van der Waals surface area contributed by atoms with E-state index in [-0.39, 0.29) is 24.4 Å². The summed E-state index contributed by atoms with van der Waals surface area (Å²) in [5.74, 6) is -0.429. The third-order valence-corrected chi connectivity index (χ3v) is 2.52.